The van der Waals surface area contributed by atoms with Crippen LogP contribution in [-0.2, 0) is 32.0 Å². The lowest BCUT2D eigenvalue weighted by Crippen LogP contribution is -2.59. The number of hydrogen-bond donors (Lipinski definition) is 6. The summed E-state index contributed by atoms with van der Waals surface area (Å²) < 4.78 is 0. The molecule has 12 nitrogen and oxygen atoms in total. The Morgan fingerprint density at radius 2 is 1.25 bits per heavy atom. The molecule has 7 N–H and O–H groups in total. The van der Waals surface area contributed by atoms with Crippen molar-refractivity contribution in [2.45, 2.75) is 103 Å². The fraction of sp³-hybridized carbons (Fsp3) is 0.564. The van der Waals surface area contributed by atoms with Crippen LogP contribution in [-0.4, -0.2) is 102 Å². The third-order valence-electron chi connectivity index (χ3n) is 9.01. The van der Waals surface area contributed by atoms with Crippen LogP contribution in [0.3, 0.4) is 0 Å². The van der Waals surface area contributed by atoms with Crippen molar-refractivity contribution in [1.82, 2.24) is 31.1 Å². The molecule has 0 aliphatic carbocycles. The summed E-state index contributed by atoms with van der Waals surface area (Å²) in [6, 6.07) is 15.5. The van der Waals surface area contributed by atoms with E-state index in [0.717, 1.165) is 17.5 Å². The van der Waals surface area contributed by atoms with Gasteiger partial charge in [-0.05, 0) is 62.6 Å². The van der Waals surface area contributed by atoms with Crippen molar-refractivity contribution < 1.29 is 19.2 Å². The zero-order valence-corrected chi connectivity index (χ0v) is 31.1. The van der Waals surface area contributed by atoms with Gasteiger partial charge in [0.15, 0.2) is 0 Å². The van der Waals surface area contributed by atoms with Crippen LogP contribution in [0, 0.1) is 11.3 Å². The fourth-order valence-electron chi connectivity index (χ4n) is 6.19. The second kappa shape index (κ2) is 21.2. The fourth-order valence-corrected chi connectivity index (χ4v) is 6.19. The molecule has 1 aliphatic heterocycles. The number of rotatable bonds is 18. The topological polar surface area (TPSA) is 173 Å². The number of nitrogens with two attached hydrogens (primary N) is 1. The Kier molecular flexibility index (Phi) is 17.1. The molecule has 0 spiro atoms. The molecule has 2 aromatic rings. The van der Waals surface area contributed by atoms with Crippen molar-refractivity contribution in [3.63, 3.8) is 0 Å². The smallest absolute Gasteiger partial charge is 0.245 e. The number of benzene rings is 2. The number of amidine groups is 1. The van der Waals surface area contributed by atoms with Crippen molar-refractivity contribution in [1.29, 1.82) is 5.41 Å². The number of amides is 4. The molecule has 1 aliphatic rings. The Balaban J connectivity index is 1.78. The van der Waals surface area contributed by atoms with Crippen LogP contribution < -0.4 is 27.0 Å². The minimum atomic E-state index is -0.985. The van der Waals surface area contributed by atoms with Gasteiger partial charge in [-0.3, -0.25) is 24.6 Å². The molecule has 2 aromatic carbocycles. The highest BCUT2D eigenvalue weighted by molar-refractivity contribution is 5.95. The SMILES string of the molecule is CC(=N)N1CCCN(C(=O)[C@@H](CCCNC(C)C)NC(=O)[C@@H](CC(C)C)NC(=O)[C@@H](Cc2ccccc2)NC(=O)[C@H](N)Cc2ccccc2)CC1. The molecule has 280 valence electrons. The van der Waals surface area contributed by atoms with Crippen LogP contribution in [0.25, 0.3) is 0 Å². The summed E-state index contributed by atoms with van der Waals surface area (Å²) in [6.07, 6.45) is 2.68. The van der Waals surface area contributed by atoms with Crippen molar-refractivity contribution >= 4 is 29.5 Å². The predicted octanol–water partition coefficient (Wildman–Crippen LogP) is 2.61. The summed E-state index contributed by atoms with van der Waals surface area (Å²) in [7, 11) is 0. The molecular formula is C39H60N8O4. The van der Waals surface area contributed by atoms with Crippen molar-refractivity contribution in [2.24, 2.45) is 11.7 Å². The van der Waals surface area contributed by atoms with Gasteiger partial charge in [-0.2, -0.15) is 0 Å². The predicted molar refractivity (Wildman–Crippen MR) is 202 cm³/mol. The maximum atomic E-state index is 14.0. The van der Waals surface area contributed by atoms with Gasteiger partial charge in [0.1, 0.15) is 18.1 Å². The van der Waals surface area contributed by atoms with Crippen LogP contribution in [0.4, 0.5) is 0 Å². The Hall–Kier alpha value is -4.29. The largest absolute Gasteiger partial charge is 0.359 e. The van der Waals surface area contributed by atoms with Gasteiger partial charge in [-0.25, -0.2) is 0 Å². The van der Waals surface area contributed by atoms with Gasteiger partial charge < -0.3 is 36.8 Å². The summed E-state index contributed by atoms with van der Waals surface area (Å²) in [6.45, 7) is 12.8. The molecule has 1 fully saturated rings. The van der Waals surface area contributed by atoms with Gasteiger partial charge in [-0.1, -0.05) is 88.4 Å². The molecule has 3 rings (SSSR count). The van der Waals surface area contributed by atoms with E-state index in [9.17, 15) is 19.2 Å². The molecule has 1 saturated heterocycles. The molecule has 0 aromatic heterocycles. The Morgan fingerprint density at radius 3 is 1.84 bits per heavy atom. The Labute approximate surface area is 304 Å². The molecular weight excluding hydrogens is 644 g/mol. The quantitative estimate of drug-likeness (QED) is 0.0787. The summed E-state index contributed by atoms with van der Waals surface area (Å²) >= 11 is 0. The highest BCUT2D eigenvalue weighted by Crippen LogP contribution is 2.13. The third kappa shape index (κ3) is 14.5. The maximum absolute atomic E-state index is 14.0. The molecule has 1 heterocycles. The summed E-state index contributed by atoms with van der Waals surface area (Å²) in [4.78, 5) is 59.0. The van der Waals surface area contributed by atoms with Gasteiger partial charge in [0, 0.05) is 38.6 Å². The average molecular weight is 705 g/mol. The number of nitrogens with one attached hydrogen (secondary N) is 5. The lowest BCUT2D eigenvalue weighted by molar-refractivity contribution is -0.138. The lowest BCUT2D eigenvalue weighted by atomic mass is 9.99. The number of carbonyl (C=O) groups is 4. The molecule has 0 saturated carbocycles. The zero-order valence-electron chi connectivity index (χ0n) is 31.1. The van der Waals surface area contributed by atoms with Gasteiger partial charge in [0.05, 0.1) is 11.9 Å². The molecule has 51 heavy (non-hydrogen) atoms. The van der Waals surface area contributed by atoms with Crippen LogP contribution in [0.2, 0.25) is 0 Å². The van der Waals surface area contributed by atoms with Gasteiger partial charge in [-0.15, -0.1) is 0 Å². The van der Waals surface area contributed by atoms with Gasteiger partial charge in [0.25, 0.3) is 0 Å². The van der Waals surface area contributed by atoms with Crippen LogP contribution >= 0.6 is 0 Å². The van der Waals surface area contributed by atoms with Crippen molar-refractivity contribution in [3.8, 4) is 0 Å². The van der Waals surface area contributed by atoms with E-state index in [1.807, 2.05) is 79.4 Å². The first-order valence-corrected chi connectivity index (χ1v) is 18.4. The number of hydrogen-bond acceptors (Lipinski definition) is 7. The van der Waals surface area contributed by atoms with Crippen LogP contribution in [0.5, 0.6) is 0 Å². The van der Waals surface area contributed by atoms with Crippen molar-refractivity contribution in [3.05, 3.63) is 71.8 Å². The first kappa shape index (κ1) is 41.1. The van der Waals surface area contributed by atoms with E-state index >= 15 is 0 Å². The van der Waals surface area contributed by atoms with E-state index in [4.69, 9.17) is 11.1 Å². The molecule has 0 radical (unpaired) electrons. The highest BCUT2D eigenvalue weighted by atomic mass is 16.2. The molecule has 4 amide bonds. The number of nitrogens with zero attached hydrogens (tertiary/aromatic N) is 2. The zero-order chi connectivity index (χ0) is 37.3. The monoisotopic (exact) mass is 704 g/mol. The minimum Gasteiger partial charge on any atom is -0.359 e. The van der Waals surface area contributed by atoms with E-state index in [0.29, 0.717) is 64.2 Å². The second-order valence-corrected chi connectivity index (χ2v) is 14.3. The lowest BCUT2D eigenvalue weighted by Gasteiger charge is -2.30. The van der Waals surface area contributed by atoms with Gasteiger partial charge >= 0.3 is 0 Å². The Morgan fingerprint density at radius 1 is 0.725 bits per heavy atom. The second-order valence-electron chi connectivity index (χ2n) is 14.3. The summed E-state index contributed by atoms with van der Waals surface area (Å²) in [5.41, 5.74) is 8.04. The first-order valence-electron chi connectivity index (χ1n) is 18.4. The maximum Gasteiger partial charge on any atom is 0.245 e. The summed E-state index contributed by atoms with van der Waals surface area (Å²) in [5, 5.41) is 20.2. The third-order valence-corrected chi connectivity index (χ3v) is 9.01. The Bertz CT molecular complexity index is 1400. The number of carbonyl (C=O) groups excluding carboxylic acids is 4. The molecule has 12 heteroatoms. The molecule has 0 bridgehead atoms. The highest BCUT2D eigenvalue weighted by Gasteiger charge is 2.33. The van der Waals surface area contributed by atoms with E-state index in [1.54, 1.807) is 11.8 Å². The van der Waals surface area contributed by atoms with Crippen LogP contribution in [0.15, 0.2) is 60.7 Å². The molecule has 0 unspecified atom stereocenters. The van der Waals surface area contributed by atoms with E-state index in [1.165, 1.54) is 0 Å². The van der Waals surface area contributed by atoms with Crippen LogP contribution in [0.1, 0.15) is 71.4 Å². The van der Waals surface area contributed by atoms with Gasteiger partial charge in [0.2, 0.25) is 23.6 Å². The minimum absolute atomic E-state index is 0.0489. The van der Waals surface area contributed by atoms with E-state index < -0.39 is 41.9 Å². The average Bonchev–Trinajstić information content (AvgIpc) is 3.36. The summed E-state index contributed by atoms with van der Waals surface area (Å²) in [5.74, 6) is -1.04. The molecule has 4 atom stereocenters. The first-order chi connectivity index (χ1) is 24.3. The van der Waals surface area contributed by atoms with Crippen molar-refractivity contribution in [2.75, 3.05) is 32.7 Å². The standard InChI is InChI=1S/C39H60N8O4/c1-27(2)24-34(37(49)43-33(18-12-19-42-28(3)4)39(51)47-21-13-20-46(22-23-47)29(5)40)45-38(50)35(26-31-16-10-7-11-17-31)44-36(48)32(41)25-30-14-8-6-9-15-30/h6-11,14-17,27-28,32-35,40,42H,12-13,18-26,41H2,1-5H3,(H,43,49)(H,44,48)(H,45,50)/t32-,33-,34-,35-/m1/s1. The van der Waals surface area contributed by atoms with E-state index in [2.05, 4.69) is 35.1 Å². The van der Waals surface area contributed by atoms with E-state index in [-0.39, 0.29) is 24.3 Å². The normalized spacial score (nSPS) is 15.8.